The fourth-order valence-corrected chi connectivity index (χ4v) is 3.06. The Labute approximate surface area is 124 Å². The first-order chi connectivity index (χ1) is 9.90. The Bertz CT molecular complexity index is 581. The smallest absolute Gasteiger partial charge is 0.0270 e. The number of rotatable bonds is 4. The lowest BCUT2D eigenvalue weighted by Gasteiger charge is -2.25. The fourth-order valence-electron chi connectivity index (χ4n) is 2.44. The minimum Gasteiger partial charge on any atom is -0.295 e. The molecular weight excluding hydrogens is 262 g/mol. The molecule has 1 aliphatic heterocycles. The molecule has 1 aromatic heterocycles. The van der Waals surface area contributed by atoms with E-state index in [1.807, 2.05) is 0 Å². The van der Waals surface area contributed by atoms with Gasteiger partial charge in [0.05, 0.1) is 0 Å². The van der Waals surface area contributed by atoms with E-state index < -0.39 is 0 Å². The SMILES string of the molecule is C(=Cc1cccs1)C1=CCN(Cc2ccccc2)CC1. The lowest BCUT2D eigenvalue weighted by atomic mass is 10.1. The van der Waals surface area contributed by atoms with E-state index in [0.29, 0.717) is 0 Å². The van der Waals surface area contributed by atoms with Gasteiger partial charge in [0, 0.05) is 24.5 Å². The third-order valence-corrected chi connectivity index (χ3v) is 4.42. The van der Waals surface area contributed by atoms with Gasteiger partial charge >= 0.3 is 0 Å². The quantitative estimate of drug-likeness (QED) is 0.792. The van der Waals surface area contributed by atoms with Crippen molar-refractivity contribution in [3.63, 3.8) is 0 Å². The van der Waals surface area contributed by atoms with Crippen LogP contribution >= 0.6 is 11.3 Å². The van der Waals surface area contributed by atoms with Crippen LogP contribution in [-0.4, -0.2) is 18.0 Å². The molecule has 2 heterocycles. The van der Waals surface area contributed by atoms with E-state index in [-0.39, 0.29) is 0 Å². The summed E-state index contributed by atoms with van der Waals surface area (Å²) in [5, 5.41) is 2.12. The number of hydrogen-bond acceptors (Lipinski definition) is 2. The molecule has 0 fully saturated rings. The van der Waals surface area contributed by atoms with Crippen LogP contribution in [0.3, 0.4) is 0 Å². The van der Waals surface area contributed by atoms with Gasteiger partial charge in [0.15, 0.2) is 0 Å². The monoisotopic (exact) mass is 281 g/mol. The Morgan fingerprint density at radius 3 is 2.65 bits per heavy atom. The average molecular weight is 281 g/mol. The van der Waals surface area contributed by atoms with Crippen LogP contribution in [0.1, 0.15) is 16.9 Å². The summed E-state index contributed by atoms with van der Waals surface area (Å²) in [6, 6.07) is 15.0. The molecule has 1 nitrogen and oxygen atoms in total. The Morgan fingerprint density at radius 2 is 1.95 bits per heavy atom. The zero-order valence-corrected chi connectivity index (χ0v) is 12.4. The number of benzene rings is 1. The Balaban J connectivity index is 1.55. The molecule has 0 unspecified atom stereocenters. The minimum absolute atomic E-state index is 1.05. The number of hydrogen-bond donors (Lipinski definition) is 0. The topological polar surface area (TPSA) is 3.24 Å². The average Bonchev–Trinajstić information content (AvgIpc) is 3.01. The Morgan fingerprint density at radius 1 is 1.05 bits per heavy atom. The molecule has 0 bridgehead atoms. The molecule has 3 rings (SSSR count). The van der Waals surface area contributed by atoms with Crippen LogP contribution in [0.2, 0.25) is 0 Å². The molecule has 2 heteroatoms. The van der Waals surface area contributed by atoms with Crippen molar-refractivity contribution in [3.8, 4) is 0 Å². The maximum atomic E-state index is 2.50. The van der Waals surface area contributed by atoms with Gasteiger partial charge in [0.1, 0.15) is 0 Å². The summed E-state index contributed by atoms with van der Waals surface area (Å²) in [7, 11) is 0. The van der Waals surface area contributed by atoms with Crippen LogP contribution in [0, 0.1) is 0 Å². The molecule has 0 saturated heterocycles. The predicted octanol–water partition coefficient (Wildman–Crippen LogP) is 4.59. The van der Waals surface area contributed by atoms with Crippen molar-refractivity contribution in [1.29, 1.82) is 0 Å². The zero-order valence-electron chi connectivity index (χ0n) is 11.5. The summed E-state index contributed by atoms with van der Waals surface area (Å²) in [6.45, 7) is 3.26. The van der Waals surface area contributed by atoms with Gasteiger partial charge in [-0.1, -0.05) is 48.6 Å². The molecule has 1 aromatic carbocycles. The molecule has 0 spiro atoms. The second kappa shape index (κ2) is 6.69. The van der Waals surface area contributed by atoms with Gasteiger partial charge in [-0.25, -0.2) is 0 Å². The largest absolute Gasteiger partial charge is 0.295 e. The van der Waals surface area contributed by atoms with Crippen molar-refractivity contribution in [2.45, 2.75) is 13.0 Å². The van der Waals surface area contributed by atoms with Crippen LogP contribution in [-0.2, 0) is 6.54 Å². The highest BCUT2D eigenvalue weighted by Crippen LogP contribution is 2.17. The highest BCUT2D eigenvalue weighted by atomic mass is 32.1. The van der Waals surface area contributed by atoms with E-state index >= 15 is 0 Å². The van der Waals surface area contributed by atoms with Crippen molar-refractivity contribution in [2.24, 2.45) is 0 Å². The second-order valence-corrected chi connectivity index (χ2v) is 6.08. The Kier molecular flexibility index (Phi) is 4.46. The molecule has 2 aromatic rings. The standard InChI is InChI=1S/C18H19NS/c1-2-5-17(6-3-1)15-19-12-10-16(11-13-19)8-9-18-7-4-14-20-18/h1-10,14H,11-13,15H2. The van der Waals surface area contributed by atoms with Crippen molar-refractivity contribution >= 4 is 17.4 Å². The van der Waals surface area contributed by atoms with Gasteiger partial charge in [0.2, 0.25) is 0 Å². The summed E-state index contributed by atoms with van der Waals surface area (Å²) in [5.74, 6) is 0. The summed E-state index contributed by atoms with van der Waals surface area (Å²) in [4.78, 5) is 3.83. The van der Waals surface area contributed by atoms with E-state index in [1.165, 1.54) is 16.0 Å². The van der Waals surface area contributed by atoms with Crippen LogP contribution in [0.15, 0.2) is 65.6 Å². The third-order valence-electron chi connectivity index (χ3n) is 3.58. The molecule has 102 valence electrons. The van der Waals surface area contributed by atoms with Crippen molar-refractivity contribution < 1.29 is 0 Å². The van der Waals surface area contributed by atoms with Crippen LogP contribution in [0.4, 0.5) is 0 Å². The maximum absolute atomic E-state index is 2.50. The lowest BCUT2D eigenvalue weighted by molar-refractivity contribution is 0.287. The van der Waals surface area contributed by atoms with Crippen molar-refractivity contribution in [2.75, 3.05) is 13.1 Å². The van der Waals surface area contributed by atoms with E-state index in [1.54, 1.807) is 11.3 Å². The van der Waals surface area contributed by atoms with E-state index in [4.69, 9.17) is 0 Å². The molecule has 0 saturated carbocycles. The van der Waals surface area contributed by atoms with Crippen LogP contribution in [0.5, 0.6) is 0 Å². The predicted molar refractivity (Wildman–Crippen MR) is 87.8 cm³/mol. The molecule has 0 amide bonds. The highest BCUT2D eigenvalue weighted by molar-refractivity contribution is 7.10. The van der Waals surface area contributed by atoms with Gasteiger partial charge in [-0.15, -0.1) is 11.3 Å². The number of allylic oxidation sites excluding steroid dienone is 1. The zero-order chi connectivity index (χ0) is 13.6. The van der Waals surface area contributed by atoms with E-state index in [0.717, 1.165) is 26.1 Å². The Hall–Kier alpha value is -1.64. The first kappa shape index (κ1) is 13.3. The molecule has 1 aliphatic rings. The second-order valence-electron chi connectivity index (χ2n) is 5.10. The fraction of sp³-hybridized carbons (Fsp3) is 0.222. The van der Waals surface area contributed by atoms with Crippen LogP contribution < -0.4 is 0 Å². The molecular formula is C18H19NS. The number of thiophene rings is 1. The highest BCUT2D eigenvalue weighted by Gasteiger charge is 2.10. The summed E-state index contributed by atoms with van der Waals surface area (Å²) >= 11 is 1.79. The van der Waals surface area contributed by atoms with Gasteiger partial charge in [-0.05, 0) is 35.1 Å². The first-order valence-corrected chi connectivity index (χ1v) is 7.95. The number of nitrogens with zero attached hydrogens (tertiary/aromatic N) is 1. The molecule has 0 aliphatic carbocycles. The van der Waals surface area contributed by atoms with Gasteiger partial charge in [-0.2, -0.15) is 0 Å². The normalized spacial score (nSPS) is 16.5. The summed E-state index contributed by atoms with van der Waals surface area (Å²) in [6.07, 6.45) is 8.00. The van der Waals surface area contributed by atoms with Crippen molar-refractivity contribution in [3.05, 3.63) is 76.0 Å². The van der Waals surface area contributed by atoms with E-state index in [9.17, 15) is 0 Å². The van der Waals surface area contributed by atoms with Gasteiger partial charge < -0.3 is 0 Å². The summed E-state index contributed by atoms with van der Waals surface area (Å²) in [5.41, 5.74) is 2.86. The van der Waals surface area contributed by atoms with Gasteiger partial charge in [0.25, 0.3) is 0 Å². The van der Waals surface area contributed by atoms with E-state index in [2.05, 4.69) is 71.0 Å². The maximum Gasteiger partial charge on any atom is 0.0270 e. The minimum atomic E-state index is 1.05. The molecule has 0 N–H and O–H groups in total. The lowest BCUT2D eigenvalue weighted by Crippen LogP contribution is -2.27. The van der Waals surface area contributed by atoms with Gasteiger partial charge in [-0.3, -0.25) is 4.90 Å². The van der Waals surface area contributed by atoms with Crippen molar-refractivity contribution in [1.82, 2.24) is 4.90 Å². The molecule has 20 heavy (non-hydrogen) atoms. The third kappa shape index (κ3) is 3.69. The molecule has 0 radical (unpaired) electrons. The molecule has 0 atom stereocenters. The van der Waals surface area contributed by atoms with Crippen LogP contribution in [0.25, 0.3) is 6.08 Å². The first-order valence-electron chi connectivity index (χ1n) is 7.07. The summed E-state index contributed by atoms with van der Waals surface area (Å²) < 4.78 is 0.